The Balaban J connectivity index is 2.29. The molecule has 0 radical (unpaired) electrons. The standard InChI is InChI=1S/C14H17BrN2S/c1-4-16-10(3)13-8-18-14(17-13)11-6-5-9(2)7-12(11)15/h5-8,10,16H,4H2,1-3H3. The Morgan fingerprint density at radius 2 is 2.22 bits per heavy atom. The molecule has 4 heteroatoms. The molecule has 0 spiro atoms. The number of thiazole rings is 1. The van der Waals surface area contributed by atoms with Crippen molar-refractivity contribution in [3.8, 4) is 10.6 Å². The van der Waals surface area contributed by atoms with Gasteiger partial charge in [0.2, 0.25) is 0 Å². The van der Waals surface area contributed by atoms with Crippen LogP contribution in [0.15, 0.2) is 28.1 Å². The number of nitrogens with one attached hydrogen (secondary N) is 1. The highest BCUT2D eigenvalue weighted by atomic mass is 79.9. The Morgan fingerprint density at radius 1 is 1.44 bits per heavy atom. The van der Waals surface area contributed by atoms with Gasteiger partial charge in [0.1, 0.15) is 5.01 Å². The summed E-state index contributed by atoms with van der Waals surface area (Å²) in [6.07, 6.45) is 0. The van der Waals surface area contributed by atoms with E-state index in [9.17, 15) is 0 Å². The smallest absolute Gasteiger partial charge is 0.124 e. The first-order valence-electron chi connectivity index (χ1n) is 6.07. The first-order valence-corrected chi connectivity index (χ1v) is 7.74. The zero-order chi connectivity index (χ0) is 13.1. The van der Waals surface area contributed by atoms with E-state index in [1.807, 2.05) is 0 Å². The molecule has 1 heterocycles. The second-order valence-electron chi connectivity index (χ2n) is 4.34. The van der Waals surface area contributed by atoms with Gasteiger partial charge in [0.05, 0.1) is 5.69 Å². The number of hydrogen-bond donors (Lipinski definition) is 1. The first kappa shape index (κ1) is 13.7. The average Bonchev–Trinajstić information content (AvgIpc) is 2.78. The maximum atomic E-state index is 4.72. The molecule has 0 amide bonds. The molecule has 2 rings (SSSR count). The van der Waals surface area contributed by atoms with Crippen LogP contribution >= 0.6 is 27.3 Å². The third kappa shape index (κ3) is 2.99. The molecule has 0 saturated carbocycles. The fourth-order valence-corrected chi connectivity index (χ4v) is 3.58. The number of aromatic nitrogens is 1. The lowest BCUT2D eigenvalue weighted by molar-refractivity contribution is 0.587. The predicted molar refractivity (Wildman–Crippen MR) is 82.1 cm³/mol. The molecule has 1 N–H and O–H groups in total. The van der Waals surface area contributed by atoms with Crippen LogP contribution in [0.1, 0.15) is 31.1 Å². The topological polar surface area (TPSA) is 24.9 Å². The SMILES string of the molecule is CCNC(C)c1csc(-c2ccc(C)cc2Br)n1. The van der Waals surface area contributed by atoms with Crippen LogP contribution in [0.5, 0.6) is 0 Å². The molecule has 18 heavy (non-hydrogen) atoms. The minimum atomic E-state index is 0.309. The van der Waals surface area contributed by atoms with E-state index in [2.05, 4.69) is 65.6 Å². The van der Waals surface area contributed by atoms with E-state index >= 15 is 0 Å². The zero-order valence-corrected chi connectivity index (χ0v) is 13.2. The van der Waals surface area contributed by atoms with E-state index in [0.29, 0.717) is 6.04 Å². The summed E-state index contributed by atoms with van der Waals surface area (Å²) in [5.74, 6) is 0. The van der Waals surface area contributed by atoms with Crippen molar-refractivity contribution in [3.05, 3.63) is 39.3 Å². The highest BCUT2D eigenvalue weighted by Crippen LogP contribution is 2.32. The summed E-state index contributed by atoms with van der Waals surface area (Å²) in [5, 5.41) is 6.59. The van der Waals surface area contributed by atoms with Gasteiger partial charge in [0.15, 0.2) is 0 Å². The fraction of sp³-hybridized carbons (Fsp3) is 0.357. The molecule has 0 aliphatic carbocycles. The summed E-state index contributed by atoms with van der Waals surface area (Å²) < 4.78 is 1.11. The second-order valence-corrected chi connectivity index (χ2v) is 6.05. The molecule has 96 valence electrons. The van der Waals surface area contributed by atoms with Crippen LogP contribution in [0.3, 0.4) is 0 Å². The average molecular weight is 325 g/mol. The van der Waals surface area contributed by atoms with Crippen molar-refractivity contribution in [2.24, 2.45) is 0 Å². The molecule has 1 unspecified atom stereocenters. The predicted octanol–water partition coefficient (Wildman–Crippen LogP) is 4.55. The lowest BCUT2D eigenvalue weighted by Crippen LogP contribution is -2.17. The Labute approximate surface area is 121 Å². The molecular formula is C14H17BrN2S. The minimum absolute atomic E-state index is 0.309. The van der Waals surface area contributed by atoms with Crippen molar-refractivity contribution in [2.45, 2.75) is 26.8 Å². The van der Waals surface area contributed by atoms with Crippen LogP contribution in [0, 0.1) is 6.92 Å². The van der Waals surface area contributed by atoms with Gasteiger partial charge < -0.3 is 5.32 Å². The molecular weight excluding hydrogens is 308 g/mol. The third-order valence-electron chi connectivity index (χ3n) is 2.83. The van der Waals surface area contributed by atoms with E-state index in [4.69, 9.17) is 4.98 Å². The molecule has 2 aromatic rings. The molecule has 2 nitrogen and oxygen atoms in total. The van der Waals surface area contributed by atoms with Gasteiger partial charge >= 0.3 is 0 Å². The van der Waals surface area contributed by atoms with Gasteiger partial charge in [-0.25, -0.2) is 4.98 Å². The van der Waals surface area contributed by atoms with Crippen LogP contribution < -0.4 is 5.32 Å². The second kappa shape index (κ2) is 5.95. The number of hydrogen-bond acceptors (Lipinski definition) is 3. The monoisotopic (exact) mass is 324 g/mol. The van der Waals surface area contributed by atoms with Crippen molar-refractivity contribution in [1.29, 1.82) is 0 Å². The van der Waals surface area contributed by atoms with Gasteiger partial charge in [-0.15, -0.1) is 11.3 Å². The van der Waals surface area contributed by atoms with E-state index in [1.165, 1.54) is 11.1 Å². The van der Waals surface area contributed by atoms with Crippen LogP contribution in [-0.2, 0) is 0 Å². The van der Waals surface area contributed by atoms with Gasteiger partial charge in [-0.05, 0) is 32.0 Å². The molecule has 0 saturated heterocycles. The highest BCUT2D eigenvalue weighted by molar-refractivity contribution is 9.10. The van der Waals surface area contributed by atoms with Crippen LogP contribution in [-0.4, -0.2) is 11.5 Å². The van der Waals surface area contributed by atoms with Gasteiger partial charge in [-0.2, -0.15) is 0 Å². The van der Waals surface area contributed by atoms with E-state index in [1.54, 1.807) is 11.3 Å². The van der Waals surface area contributed by atoms with E-state index in [0.717, 1.165) is 21.7 Å². The molecule has 0 aliphatic heterocycles. The zero-order valence-electron chi connectivity index (χ0n) is 10.8. The number of benzene rings is 1. The molecule has 0 bridgehead atoms. The van der Waals surface area contributed by atoms with Gasteiger partial charge in [-0.1, -0.05) is 35.0 Å². The molecule has 1 aromatic heterocycles. The van der Waals surface area contributed by atoms with Crippen molar-refractivity contribution in [2.75, 3.05) is 6.54 Å². The van der Waals surface area contributed by atoms with Crippen molar-refractivity contribution in [3.63, 3.8) is 0 Å². The summed E-state index contributed by atoms with van der Waals surface area (Å²) in [6.45, 7) is 7.31. The maximum absolute atomic E-state index is 4.72. The van der Waals surface area contributed by atoms with Crippen molar-refractivity contribution in [1.82, 2.24) is 10.3 Å². The van der Waals surface area contributed by atoms with Crippen LogP contribution in [0.4, 0.5) is 0 Å². The normalized spacial score (nSPS) is 12.7. The van der Waals surface area contributed by atoms with Crippen LogP contribution in [0.2, 0.25) is 0 Å². The summed E-state index contributed by atoms with van der Waals surface area (Å²) >= 11 is 5.31. The third-order valence-corrected chi connectivity index (χ3v) is 4.38. The molecule has 1 atom stereocenters. The van der Waals surface area contributed by atoms with Gasteiger partial charge in [-0.3, -0.25) is 0 Å². The lowest BCUT2D eigenvalue weighted by atomic mass is 10.1. The maximum Gasteiger partial charge on any atom is 0.124 e. The summed E-state index contributed by atoms with van der Waals surface area (Å²) in [7, 11) is 0. The Bertz CT molecular complexity index is 536. The summed E-state index contributed by atoms with van der Waals surface area (Å²) in [4.78, 5) is 4.72. The minimum Gasteiger partial charge on any atom is -0.309 e. The Kier molecular flexibility index (Phi) is 4.54. The molecule has 1 aromatic carbocycles. The number of nitrogens with zero attached hydrogens (tertiary/aromatic N) is 1. The lowest BCUT2D eigenvalue weighted by Gasteiger charge is -2.08. The Morgan fingerprint density at radius 3 is 2.89 bits per heavy atom. The van der Waals surface area contributed by atoms with Crippen LogP contribution in [0.25, 0.3) is 10.6 Å². The largest absolute Gasteiger partial charge is 0.309 e. The molecule has 0 fully saturated rings. The summed E-state index contributed by atoms with van der Waals surface area (Å²) in [6, 6.07) is 6.68. The van der Waals surface area contributed by atoms with Crippen molar-refractivity contribution >= 4 is 27.3 Å². The highest BCUT2D eigenvalue weighted by Gasteiger charge is 2.12. The van der Waals surface area contributed by atoms with E-state index < -0.39 is 0 Å². The quantitative estimate of drug-likeness (QED) is 0.892. The fourth-order valence-electron chi connectivity index (χ4n) is 1.81. The van der Waals surface area contributed by atoms with Gasteiger partial charge in [0, 0.05) is 21.5 Å². The Hall–Kier alpha value is -0.710. The van der Waals surface area contributed by atoms with Gasteiger partial charge in [0.25, 0.3) is 0 Å². The number of halogens is 1. The number of rotatable bonds is 4. The number of aryl methyl sites for hydroxylation is 1. The molecule has 0 aliphatic rings. The first-order chi connectivity index (χ1) is 8.61. The van der Waals surface area contributed by atoms with E-state index in [-0.39, 0.29) is 0 Å². The summed E-state index contributed by atoms with van der Waals surface area (Å²) in [5.41, 5.74) is 3.54. The van der Waals surface area contributed by atoms with Crippen molar-refractivity contribution < 1.29 is 0 Å².